The second kappa shape index (κ2) is 7.69. The third kappa shape index (κ3) is 2.65. The summed E-state index contributed by atoms with van der Waals surface area (Å²) >= 11 is 0. The van der Waals surface area contributed by atoms with E-state index in [4.69, 9.17) is 18.9 Å². The van der Waals surface area contributed by atoms with Gasteiger partial charge in [-0.15, -0.1) is 0 Å². The molecule has 0 aromatic heterocycles. The zero-order chi connectivity index (χ0) is 24.1. The summed E-state index contributed by atoms with van der Waals surface area (Å²) in [6.45, 7) is 0. The molecule has 1 aliphatic carbocycles. The highest BCUT2D eigenvalue weighted by molar-refractivity contribution is 6.21. The Labute approximate surface area is 194 Å². The zero-order valence-corrected chi connectivity index (χ0v) is 18.3. The lowest BCUT2D eigenvalue weighted by molar-refractivity contribution is -0.260. The van der Waals surface area contributed by atoms with Crippen molar-refractivity contribution in [2.75, 3.05) is 14.2 Å². The maximum absolute atomic E-state index is 13.6. The second-order valence-corrected chi connectivity index (χ2v) is 8.15. The molecule has 4 unspecified atom stereocenters. The number of methoxy groups -OCH3 is 2. The Morgan fingerprint density at radius 3 is 1.35 bits per heavy atom. The number of carbonyl (C=O) groups is 4. The average Bonchev–Trinajstić information content (AvgIpc) is 3.42. The molecule has 34 heavy (non-hydrogen) atoms. The minimum Gasteiger partial charge on any atom is -0.473 e. The van der Waals surface area contributed by atoms with E-state index in [0.29, 0.717) is 11.1 Å². The van der Waals surface area contributed by atoms with Gasteiger partial charge in [-0.3, -0.25) is 19.2 Å². The van der Waals surface area contributed by atoms with Gasteiger partial charge in [0.25, 0.3) is 0 Å². The molecular formula is C26H20O8. The van der Waals surface area contributed by atoms with E-state index in [2.05, 4.69) is 0 Å². The molecular weight excluding hydrogens is 440 g/mol. The van der Waals surface area contributed by atoms with Crippen LogP contribution in [0.25, 0.3) is 11.5 Å². The molecule has 0 saturated heterocycles. The van der Waals surface area contributed by atoms with Crippen molar-refractivity contribution in [1.29, 1.82) is 0 Å². The minimum absolute atomic E-state index is 0.159. The van der Waals surface area contributed by atoms with Crippen LogP contribution in [-0.4, -0.2) is 48.9 Å². The summed E-state index contributed by atoms with van der Waals surface area (Å²) in [5, 5.41) is 0. The number of benzene rings is 2. The van der Waals surface area contributed by atoms with Crippen LogP contribution in [-0.2, 0) is 38.1 Å². The topological polar surface area (TPSA) is 105 Å². The molecule has 2 aliphatic heterocycles. The van der Waals surface area contributed by atoms with Gasteiger partial charge in [0.05, 0.1) is 14.2 Å². The van der Waals surface area contributed by atoms with Crippen LogP contribution in [0, 0.1) is 11.8 Å². The van der Waals surface area contributed by atoms with E-state index in [0.717, 1.165) is 14.2 Å². The summed E-state index contributed by atoms with van der Waals surface area (Å²) in [7, 11) is 2.26. The molecule has 172 valence electrons. The molecule has 2 aromatic rings. The quantitative estimate of drug-likeness (QED) is 0.641. The maximum Gasteiger partial charge on any atom is 0.314 e. The smallest absolute Gasteiger partial charge is 0.314 e. The summed E-state index contributed by atoms with van der Waals surface area (Å²) in [4.78, 5) is 53.0. The van der Waals surface area contributed by atoms with E-state index in [1.807, 2.05) is 0 Å². The Balaban J connectivity index is 1.66. The summed E-state index contributed by atoms with van der Waals surface area (Å²) in [5.74, 6) is -5.71. The highest BCUT2D eigenvalue weighted by atomic mass is 16.6. The number of esters is 2. The number of ketones is 2. The molecule has 1 saturated carbocycles. The molecule has 8 nitrogen and oxygen atoms in total. The van der Waals surface area contributed by atoms with Gasteiger partial charge in [0, 0.05) is 23.3 Å². The van der Waals surface area contributed by atoms with E-state index in [1.165, 1.54) is 12.2 Å². The average molecular weight is 460 g/mol. The van der Waals surface area contributed by atoms with Crippen LogP contribution in [0.15, 0.2) is 72.8 Å². The molecule has 2 aromatic carbocycles. The first-order valence-corrected chi connectivity index (χ1v) is 10.6. The monoisotopic (exact) mass is 460 g/mol. The van der Waals surface area contributed by atoms with Gasteiger partial charge in [0.2, 0.25) is 22.8 Å². The predicted molar refractivity (Wildman–Crippen MR) is 117 cm³/mol. The standard InChI is InChI=1S/C26H20O8/c1-31-23(29)21-22(24(30)32-2)26(20(28)14-18(34-26)16-11-7-4-8-12-16)25(21)19(27)13-17(33-25)15-9-5-3-6-10-15/h3-14,21-22H,1-2H3. The maximum atomic E-state index is 13.6. The summed E-state index contributed by atoms with van der Waals surface area (Å²) in [5.41, 5.74) is -3.13. The Bertz CT molecular complexity index is 1160. The van der Waals surface area contributed by atoms with Gasteiger partial charge in [0.15, 0.2) is 0 Å². The lowest BCUT2D eigenvalue weighted by Crippen LogP contribution is -2.84. The van der Waals surface area contributed by atoms with Gasteiger partial charge in [-0.25, -0.2) is 0 Å². The molecule has 2 heterocycles. The normalized spacial score (nSPS) is 29.1. The molecule has 5 rings (SSSR count). The minimum atomic E-state index is -2.13. The van der Waals surface area contributed by atoms with Gasteiger partial charge >= 0.3 is 11.9 Å². The van der Waals surface area contributed by atoms with Gasteiger partial charge in [-0.1, -0.05) is 60.7 Å². The van der Waals surface area contributed by atoms with E-state index >= 15 is 0 Å². The SMILES string of the molecule is COC(=O)C1C(C(=O)OC)C2(OC(c3ccccc3)=CC2=O)C12OC(c1ccccc1)=CC2=O. The summed E-state index contributed by atoms with van der Waals surface area (Å²) in [6.07, 6.45) is 2.44. The van der Waals surface area contributed by atoms with E-state index in [9.17, 15) is 19.2 Å². The molecule has 1 fully saturated rings. The number of fused-ring (bicyclic) bond motifs is 1. The molecule has 0 amide bonds. The van der Waals surface area contributed by atoms with Crippen LogP contribution in [0.2, 0.25) is 0 Å². The zero-order valence-electron chi connectivity index (χ0n) is 18.3. The number of ether oxygens (including phenoxy) is 4. The Morgan fingerprint density at radius 2 is 1.03 bits per heavy atom. The first kappa shape index (κ1) is 21.6. The van der Waals surface area contributed by atoms with Crippen LogP contribution >= 0.6 is 0 Å². The van der Waals surface area contributed by atoms with E-state index in [-0.39, 0.29) is 11.5 Å². The van der Waals surface area contributed by atoms with Crippen LogP contribution in [0.4, 0.5) is 0 Å². The Kier molecular flexibility index (Phi) is 4.89. The van der Waals surface area contributed by atoms with E-state index in [1.54, 1.807) is 60.7 Å². The van der Waals surface area contributed by atoms with Crippen molar-refractivity contribution in [3.05, 3.63) is 83.9 Å². The molecule has 4 atom stereocenters. The van der Waals surface area contributed by atoms with Crippen molar-refractivity contribution in [2.45, 2.75) is 11.2 Å². The summed E-state index contributed by atoms with van der Waals surface area (Å²) < 4.78 is 22.2. The number of hydrogen-bond acceptors (Lipinski definition) is 8. The van der Waals surface area contributed by atoms with Crippen LogP contribution < -0.4 is 0 Å². The van der Waals surface area contributed by atoms with Crippen LogP contribution in [0.5, 0.6) is 0 Å². The highest BCUT2D eigenvalue weighted by Gasteiger charge is 2.89. The number of carbonyl (C=O) groups excluding carboxylic acids is 4. The first-order valence-electron chi connectivity index (χ1n) is 10.6. The van der Waals surface area contributed by atoms with Crippen LogP contribution in [0.1, 0.15) is 11.1 Å². The van der Waals surface area contributed by atoms with Crippen molar-refractivity contribution in [3.8, 4) is 0 Å². The molecule has 2 spiro atoms. The number of hydrogen-bond donors (Lipinski definition) is 0. The van der Waals surface area contributed by atoms with Crippen molar-refractivity contribution in [1.82, 2.24) is 0 Å². The number of rotatable bonds is 4. The third-order valence-electron chi connectivity index (χ3n) is 6.59. The second-order valence-electron chi connectivity index (χ2n) is 8.15. The largest absolute Gasteiger partial charge is 0.473 e. The van der Waals surface area contributed by atoms with Crippen LogP contribution in [0.3, 0.4) is 0 Å². The van der Waals surface area contributed by atoms with E-state index < -0.39 is 46.5 Å². The van der Waals surface area contributed by atoms with Crippen molar-refractivity contribution < 1.29 is 38.1 Å². The predicted octanol–water partition coefficient (Wildman–Crippen LogP) is 2.34. The fraction of sp³-hybridized carbons (Fsp3) is 0.231. The van der Waals surface area contributed by atoms with Crippen molar-refractivity contribution in [3.63, 3.8) is 0 Å². The molecule has 8 heteroatoms. The first-order chi connectivity index (χ1) is 16.4. The third-order valence-corrected chi connectivity index (χ3v) is 6.59. The highest BCUT2D eigenvalue weighted by Crippen LogP contribution is 2.64. The van der Waals surface area contributed by atoms with Crippen molar-refractivity contribution >= 4 is 35.0 Å². The lowest BCUT2D eigenvalue weighted by atomic mass is 9.47. The van der Waals surface area contributed by atoms with Gasteiger partial charge < -0.3 is 18.9 Å². The Morgan fingerprint density at radius 1 is 0.676 bits per heavy atom. The lowest BCUT2D eigenvalue weighted by Gasteiger charge is -2.58. The summed E-state index contributed by atoms with van der Waals surface area (Å²) in [6, 6.07) is 17.5. The van der Waals surface area contributed by atoms with Gasteiger partial charge in [-0.05, 0) is 0 Å². The molecule has 3 aliphatic rings. The molecule has 0 N–H and O–H groups in total. The van der Waals surface area contributed by atoms with Crippen molar-refractivity contribution in [2.24, 2.45) is 11.8 Å². The van der Waals surface area contributed by atoms with Gasteiger partial charge in [0.1, 0.15) is 23.4 Å². The molecule has 0 bridgehead atoms. The fourth-order valence-electron chi connectivity index (χ4n) is 5.09. The molecule has 0 radical (unpaired) electrons. The fourth-order valence-corrected chi connectivity index (χ4v) is 5.09. The Hall–Kier alpha value is -4.20. The van der Waals surface area contributed by atoms with Gasteiger partial charge in [-0.2, -0.15) is 0 Å².